The molecule has 0 N–H and O–H groups in total. The Balaban J connectivity index is 1.84. The van der Waals surface area contributed by atoms with Crippen LogP contribution in [0.5, 0.6) is 0 Å². The van der Waals surface area contributed by atoms with Gasteiger partial charge in [0.25, 0.3) is 5.89 Å². The van der Waals surface area contributed by atoms with Crippen molar-refractivity contribution >= 4 is 26.8 Å². The van der Waals surface area contributed by atoms with Crippen LogP contribution in [0.4, 0.5) is 0 Å². The van der Waals surface area contributed by atoms with E-state index in [0.717, 1.165) is 28.6 Å². The summed E-state index contributed by atoms with van der Waals surface area (Å²) in [6.45, 7) is 2.76. The van der Waals surface area contributed by atoms with Crippen molar-refractivity contribution in [2.24, 2.45) is 0 Å². The van der Waals surface area contributed by atoms with Gasteiger partial charge in [-0.1, -0.05) is 53.2 Å². The number of benzene rings is 2. The second kappa shape index (κ2) is 6.24. The number of rotatable bonds is 4. The molecule has 0 unspecified atom stereocenters. The molecule has 2 aromatic carbocycles. The van der Waals surface area contributed by atoms with Gasteiger partial charge in [-0.25, -0.2) is 0 Å². The van der Waals surface area contributed by atoms with Crippen LogP contribution < -0.4 is 0 Å². The Morgan fingerprint density at radius 1 is 1.04 bits per heavy atom. The third-order valence-corrected chi connectivity index (χ3v) is 4.58. The molecule has 0 radical (unpaired) electrons. The molecule has 0 atom stereocenters. The molecule has 4 rings (SSSR count). The number of fused-ring (bicyclic) bond motifs is 1. The van der Waals surface area contributed by atoms with E-state index in [4.69, 9.17) is 4.42 Å². The SMILES string of the molecule is CCc1nnc(-c2cc3ccccc3n2Cc2ccc(Br)cc2)o1. The molecule has 0 aliphatic carbocycles. The number of halogens is 1. The molecule has 0 spiro atoms. The van der Waals surface area contributed by atoms with Crippen LogP contribution in [0.2, 0.25) is 0 Å². The average Bonchev–Trinajstić information content (AvgIpc) is 3.22. The Hall–Kier alpha value is -2.40. The lowest BCUT2D eigenvalue weighted by molar-refractivity contribution is 0.509. The molecule has 0 bridgehead atoms. The number of aromatic nitrogens is 3. The monoisotopic (exact) mass is 381 g/mol. The fraction of sp³-hybridized carbons (Fsp3) is 0.158. The third-order valence-electron chi connectivity index (χ3n) is 4.05. The molecular formula is C19H16BrN3O. The van der Waals surface area contributed by atoms with Crippen LogP contribution in [-0.4, -0.2) is 14.8 Å². The molecule has 0 aliphatic heterocycles. The quantitative estimate of drug-likeness (QED) is 0.495. The Kier molecular flexibility index (Phi) is 3.94. The summed E-state index contributed by atoms with van der Waals surface area (Å²) in [5, 5.41) is 9.50. The van der Waals surface area contributed by atoms with Crippen molar-refractivity contribution in [2.45, 2.75) is 19.9 Å². The summed E-state index contributed by atoms with van der Waals surface area (Å²) in [5.74, 6) is 1.23. The highest BCUT2D eigenvalue weighted by atomic mass is 79.9. The fourth-order valence-electron chi connectivity index (χ4n) is 2.83. The van der Waals surface area contributed by atoms with Gasteiger partial charge in [-0.3, -0.25) is 0 Å². The van der Waals surface area contributed by atoms with Gasteiger partial charge in [0.15, 0.2) is 0 Å². The van der Waals surface area contributed by atoms with E-state index in [1.165, 1.54) is 10.9 Å². The summed E-state index contributed by atoms with van der Waals surface area (Å²) in [6.07, 6.45) is 0.736. The first-order valence-electron chi connectivity index (χ1n) is 7.90. The lowest BCUT2D eigenvalue weighted by Gasteiger charge is -2.09. The van der Waals surface area contributed by atoms with Crippen LogP contribution in [0.3, 0.4) is 0 Å². The summed E-state index contributed by atoms with van der Waals surface area (Å²) < 4.78 is 9.10. The summed E-state index contributed by atoms with van der Waals surface area (Å²) in [5.41, 5.74) is 3.33. The van der Waals surface area contributed by atoms with Crippen LogP contribution in [0.25, 0.3) is 22.5 Å². The fourth-order valence-corrected chi connectivity index (χ4v) is 3.09. The minimum Gasteiger partial charge on any atom is -0.419 e. The van der Waals surface area contributed by atoms with Crippen molar-refractivity contribution in [3.8, 4) is 11.6 Å². The largest absolute Gasteiger partial charge is 0.419 e. The minimum absolute atomic E-state index is 0.570. The van der Waals surface area contributed by atoms with Crippen LogP contribution >= 0.6 is 15.9 Å². The van der Waals surface area contributed by atoms with E-state index in [0.29, 0.717) is 11.8 Å². The summed E-state index contributed by atoms with van der Waals surface area (Å²) in [6, 6.07) is 18.8. The summed E-state index contributed by atoms with van der Waals surface area (Å²) >= 11 is 3.48. The van der Waals surface area contributed by atoms with E-state index in [1.54, 1.807) is 0 Å². The van der Waals surface area contributed by atoms with Crippen LogP contribution in [0, 0.1) is 0 Å². The van der Waals surface area contributed by atoms with Crippen molar-refractivity contribution in [3.63, 3.8) is 0 Å². The van der Waals surface area contributed by atoms with E-state index in [-0.39, 0.29) is 0 Å². The lowest BCUT2D eigenvalue weighted by Crippen LogP contribution is -2.01. The minimum atomic E-state index is 0.570. The van der Waals surface area contributed by atoms with Gasteiger partial charge in [0.2, 0.25) is 5.89 Å². The molecule has 120 valence electrons. The highest BCUT2D eigenvalue weighted by Gasteiger charge is 2.16. The predicted molar refractivity (Wildman–Crippen MR) is 97.9 cm³/mol. The van der Waals surface area contributed by atoms with Gasteiger partial charge >= 0.3 is 0 Å². The first kappa shape index (κ1) is 15.1. The van der Waals surface area contributed by atoms with E-state index in [2.05, 4.69) is 79.2 Å². The third kappa shape index (κ3) is 2.76. The van der Waals surface area contributed by atoms with Crippen molar-refractivity contribution in [3.05, 3.63) is 70.5 Å². The van der Waals surface area contributed by atoms with Gasteiger partial charge in [-0.2, -0.15) is 0 Å². The molecule has 24 heavy (non-hydrogen) atoms. The van der Waals surface area contributed by atoms with Crippen molar-refractivity contribution in [1.82, 2.24) is 14.8 Å². The van der Waals surface area contributed by atoms with E-state index < -0.39 is 0 Å². The van der Waals surface area contributed by atoms with Gasteiger partial charge < -0.3 is 8.98 Å². The Labute approximate surface area is 148 Å². The van der Waals surface area contributed by atoms with Crippen LogP contribution in [0.1, 0.15) is 18.4 Å². The zero-order valence-electron chi connectivity index (χ0n) is 13.2. The normalized spacial score (nSPS) is 11.2. The number of aryl methyl sites for hydroxylation is 1. The highest BCUT2D eigenvalue weighted by Crippen LogP contribution is 2.28. The lowest BCUT2D eigenvalue weighted by atomic mass is 10.2. The van der Waals surface area contributed by atoms with Gasteiger partial charge in [-0.05, 0) is 29.8 Å². The molecule has 4 nitrogen and oxygen atoms in total. The summed E-state index contributed by atoms with van der Waals surface area (Å²) in [4.78, 5) is 0. The molecule has 4 aromatic rings. The number of nitrogens with zero attached hydrogens (tertiary/aromatic N) is 3. The standard InChI is InChI=1S/C19H16BrN3O/c1-2-18-21-22-19(24-18)17-11-14-5-3-4-6-16(14)23(17)12-13-7-9-15(20)10-8-13/h3-11H,2,12H2,1H3. The number of hydrogen-bond donors (Lipinski definition) is 0. The first-order chi connectivity index (χ1) is 11.7. The van der Waals surface area contributed by atoms with Crippen LogP contribution in [-0.2, 0) is 13.0 Å². The molecule has 0 saturated heterocycles. The molecule has 0 saturated carbocycles. The maximum Gasteiger partial charge on any atom is 0.264 e. The van der Waals surface area contributed by atoms with Gasteiger partial charge in [0.05, 0.1) is 0 Å². The highest BCUT2D eigenvalue weighted by molar-refractivity contribution is 9.10. The molecule has 0 fully saturated rings. The van der Waals surface area contributed by atoms with Gasteiger partial charge in [0.1, 0.15) is 5.69 Å². The number of hydrogen-bond acceptors (Lipinski definition) is 3. The second-order valence-corrected chi connectivity index (χ2v) is 6.57. The molecule has 5 heteroatoms. The predicted octanol–water partition coefficient (Wildman–Crippen LogP) is 5.06. The van der Waals surface area contributed by atoms with Crippen molar-refractivity contribution in [1.29, 1.82) is 0 Å². The molecule has 0 amide bonds. The zero-order chi connectivity index (χ0) is 16.5. The van der Waals surface area contributed by atoms with Crippen molar-refractivity contribution < 1.29 is 4.42 Å². The van der Waals surface area contributed by atoms with Crippen LogP contribution in [0.15, 0.2) is 63.5 Å². The van der Waals surface area contributed by atoms with E-state index >= 15 is 0 Å². The Morgan fingerprint density at radius 2 is 1.83 bits per heavy atom. The molecule has 2 heterocycles. The Morgan fingerprint density at radius 3 is 2.58 bits per heavy atom. The van der Waals surface area contributed by atoms with Gasteiger partial charge in [-0.15, -0.1) is 10.2 Å². The molecule has 0 aliphatic rings. The topological polar surface area (TPSA) is 43.9 Å². The molecular weight excluding hydrogens is 366 g/mol. The zero-order valence-corrected chi connectivity index (χ0v) is 14.8. The number of para-hydroxylation sites is 1. The summed E-state index contributed by atoms with van der Waals surface area (Å²) in [7, 11) is 0. The maximum absolute atomic E-state index is 5.80. The molecule has 2 aromatic heterocycles. The average molecular weight is 382 g/mol. The van der Waals surface area contributed by atoms with Crippen molar-refractivity contribution in [2.75, 3.05) is 0 Å². The smallest absolute Gasteiger partial charge is 0.264 e. The first-order valence-corrected chi connectivity index (χ1v) is 8.69. The van der Waals surface area contributed by atoms with E-state index in [9.17, 15) is 0 Å². The van der Waals surface area contributed by atoms with Gasteiger partial charge in [0, 0.05) is 28.3 Å². The Bertz CT molecular complexity index is 985. The maximum atomic E-state index is 5.80. The second-order valence-electron chi connectivity index (χ2n) is 5.66. The van der Waals surface area contributed by atoms with E-state index in [1.807, 2.05) is 13.0 Å².